The van der Waals surface area contributed by atoms with Crippen molar-refractivity contribution in [3.8, 4) is 28.3 Å². The van der Waals surface area contributed by atoms with Gasteiger partial charge in [-0.05, 0) is 153 Å². The van der Waals surface area contributed by atoms with Gasteiger partial charge in [-0.15, -0.1) is 0 Å². The summed E-state index contributed by atoms with van der Waals surface area (Å²) in [5.74, 6) is -0.617. The van der Waals surface area contributed by atoms with E-state index in [9.17, 15) is 5.26 Å². The molecule has 0 spiro atoms. The van der Waals surface area contributed by atoms with Crippen LogP contribution in [0.4, 0.5) is 42.9 Å². The van der Waals surface area contributed by atoms with Crippen LogP contribution in [-0.4, -0.2) is 0 Å². The van der Waals surface area contributed by atoms with Crippen LogP contribution < -0.4 is 9.80 Å². The summed E-state index contributed by atoms with van der Waals surface area (Å²) >= 11 is 2.23. The van der Waals surface area contributed by atoms with Crippen molar-refractivity contribution in [2.24, 2.45) is 0 Å². The summed E-state index contributed by atoms with van der Waals surface area (Å²) in [5, 5.41) is 15.9. The lowest BCUT2D eigenvalue weighted by atomic mass is 9.91. The SMILES string of the molecule is Cc1ccc(N(c2cc(-c3ccccc3)c(I)cc2F)c2ccc3ccc4c(N(c5ccc(C#N)cc5)c5cc(-c6ccccc6)c(F)cc5C)ccc5ccc2c3c54)cc1. The molecule has 0 aliphatic heterocycles. The number of halogens is 3. The molecule has 0 saturated heterocycles. The molecule has 10 aromatic carbocycles. The molecule has 0 amide bonds. The van der Waals surface area contributed by atoms with Gasteiger partial charge in [-0.3, -0.25) is 0 Å². The highest BCUT2D eigenvalue weighted by molar-refractivity contribution is 14.1. The summed E-state index contributed by atoms with van der Waals surface area (Å²) in [4.78, 5) is 4.21. The predicted molar refractivity (Wildman–Crippen MR) is 257 cm³/mol. The van der Waals surface area contributed by atoms with Gasteiger partial charge < -0.3 is 9.80 Å². The molecule has 10 aromatic rings. The summed E-state index contributed by atoms with van der Waals surface area (Å²) in [6, 6.07) is 61.9. The van der Waals surface area contributed by atoms with E-state index in [0.29, 0.717) is 16.8 Å². The van der Waals surface area contributed by atoms with E-state index in [-0.39, 0.29) is 11.6 Å². The molecule has 6 heteroatoms. The third-order valence-corrected chi connectivity index (χ3v) is 12.5. The fourth-order valence-electron chi connectivity index (χ4n) is 8.64. The van der Waals surface area contributed by atoms with E-state index in [0.717, 1.165) is 92.1 Å². The molecule has 0 N–H and O–H groups in total. The van der Waals surface area contributed by atoms with E-state index < -0.39 is 0 Å². The highest BCUT2D eigenvalue weighted by Gasteiger charge is 2.25. The lowest BCUT2D eigenvalue weighted by Crippen LogP contribution is -2.13. The molecular formula is C55H36F2IN3. The maximum Gasteiger partial charge on any atom is 0.148 e. The number of rotatable bonds is 8. The second-order valence-electron chi connectivity index (χ2n) is 15.4. The Balaban J connectivity index is 1.23. The van der Waals surface area contributed by atoms with Gasteiger partial charge in [0.15, 0.2) is 0 Å². The molecule has 292 valence electrons. The summed E-state index contributed by atoms with van der Waals surface area (Å²) in [6.45, 7) is 3.98. The Hall–Kier alpha value is -7.08. The van der Waals surface area contributed by atoms with E-state index in [1.807, 2.05) is 96.8 Å². The minimum absolute atomic E-state index is 0.297. The fraction of sp³-hybridized carbons (Fsp3) is 0.0364. The summed E-state index contributed by atoms with van der Waals surface area (Å²) in [7, 11) is 0. The van der Waals surface area contributed by atoms with Crippen LogP contribution in [-0.2, 0) is 0 Å². The van der Waals surface area contributed by atoms with Crippen LogP contribution >= 0.6 is 22.6 Å². The van der Waals surface area contributed by atoms with Gasteiger partial charge in [-0.1, -0.05) is 115 Å². The van der Waals surface area contributed by atoms with Crippen molar-refractivity contribution in [1.29, 1.82) is 5.26 Å². The minimum Gasteiger partial charge on any atom is -0.310 e. The van der Waals surface area contributed by atoms with E-state index in [1.54, 1.807) is 12.1 Å². The zero-order valence-electron chi connectivity index (χ0n) is 33.3. The number of nitriles is 1. The van der Waals surface area contributed by atoms with Gasteiger partial charge in [0, 0.05) is 37.0 Å². The van der Waals surface area contributed by atoms with Crippen LogP contribution in [0.2, 0.25) is 0 Å². The molecule has 0 fully saturated rings. The van der Waals surface area contributed by atoms with Crippen LogP contribution in [0.15, 0.2) is 182 Å². The Kier molecular flexibility index (Phi) is 9.70. The molecule has 10 rings (SSSR count). The quantitative estimate of drug-likeness (QED) is 0.112. The van der Waals surface area contributed by atoms with E-state index in [1.165, 1.54) is 0 Å². The molecular weight excluding hydrogens is 868 g/mol. The summed E-state index contributed by atoms with van der Waals surface area (Å²) in [5.41, 5.74) is 10.3. The van der Waals surface area contributed by atoms with E-state index in [4.69, 9.17) is 0 Å². The Morgan fingerprint density at radius 1 is 0.475 bits per heavy atom. The average molecular weight is 904 g/mol. The maximum absolute atomic E-state index is 16.7. The molecule has 0 aliphatic carbocycles. The van der Waals surface area contributed by atoms with Crippen LogP contribution in [0.1, 0.15) is 16.7 Å². The third kappa shape index (κ3) is 6.72. The third-order valence-electron chi connectivity index (χ3n) is 11.6. The Morgan fingerprint density at radius 2 is 0.967 bits per heavy atom. The van der Waals surface area contributed by atoms with Crippen LogP contribution in [0.3, 0.4) is 0 Å². The van der Waals surface area contributed by atoms with Gasteiger partial charge in [0.25, 0.3) is 0 Å². The van der Waals surface area contributed by atoms with Crippen molar-refractivity contribution in [3.05, 3.63) is 214 Å². The van der Waals surface area contributed by atoms with Gasteiger partial charge in [0.05, 0.1) is 28.7 Å². The Labute approximate surface area is 366 Å². The minimum atomic E-state index is -0.319. The number of anilines is 6. The first-order valence-electron chi connectivity index (χ1n) is 20.0. The molecule has 0 unspecified atom stereocenters. The molecule has 0 radical (unpaired) electrons. The van der Waals surface area contributed by atoms with Gasteiger partial charge in [0.1, 0.15) is 11.6 Å². The first kappa shape index (κ1) is 38.1. The van der Waals surface area contributed by atoms with Crippen LogP contribution in [0, 0.1) is 40.4 Å². The largest absolute Gasteiger partial charge is 0.310 e. The Bertz CT molecular complexity index is 3310. The molecule has 0 aliphatic rings. The van der Waals surface area contributed by atoms with Gasteiger partial charge >= 0.3 is 0 Å². The fourth-order valence-corrected chi connectivity index (χ4v) is 9.38. The van der Waals surface area contributed by atoms with Crippen molar-refractivity contribution in [3.63, 3.8) is 0 Å². The Morgan fingerprint density at radius 3 is 1.52 bits per heavy atom. The molecule has 61 heavy (non-hydrogen) atoms. The van der Waals surface area contributed by atoms with Crippen molar-refractivity contribution in [2.75, 3.05) is 9.80 Å². The van der Waals surface area contributed by atoms with Crippen molar-refractivity contribution >= 4 is 89.0 Å². The predicted octanol–water partition coefficient (Wildman–Crippen LogP) is 16.2. The smallest absolute Gasteiger partial charge is 0.148 e. The first-order chi connectivity index (χ1) is 29.8. The monoisotopic (exact) mass is 903 g/mol. The van der Waals surface area contributed by atoms with Crippen molar-refractivity contribution in [2.45, 2.75) is 13.8 Å². The molecule has 3 nitrogen and oxygen atoms in total. The van der Waals surface area contributed by atoms with Crippen LogP contribution in [0.25, 0.3) is 54.6 Å². The highest BCUT2D eigenvalue weighted by atomic mass is 127. The molecule has 0 bridgehead atoms. The number of benzene rings is 10. The van der Waals surface area contributed by atoms with Crippen molar-refractivity contribution < 1.29 is 8.78 Å². The normalized spacial score (nSPS) is 11.3. The lowest BCUT2D eigenvalue weighted by molar-refractivity contribution is 0.628. The van der Waals surface area contributed by atoms with Gasteiger partial charge in [-0.25, -0.2) is 8.78 Å². The second kappa shape index (κ2) is 15.5. The lowest BCUT2D eigenvalue weighted by Gasteiger charge is -2.30. The highest BCUT2D eigenvalue weighted by Crippen LogP contribution is 2.49. The maximum atomic E-state index is 16.7. The number of nitrogens with zero attached hydrogens (tertiary/aromatic N) is 3. The second-order valence-corrected chi connectivity index (χ2v) is 16.6. The molecule has 0 atom stereocenters. The summed E-state index contributed by atoms with van der Waals surface area (Å²) < 4.78 is 33.3. The number of aryl methyl sites for hydroxylation is 2. The molecule has 0 aromatic heterocycles. The number of hydrogen-bond donors (Lipinski definition) is 0. The van der Waals surface area contributed by atoms with Gasteiger partial charge in [0.2, 0.25) is 0 Å². The number of hydrogen-bond acceptors (Lipinski definition) is 3. The van der Waals surface area contributed by atoms with E-state index >= 15 is 8.78 Å². The zero-order chi connectivity index (χ0) is 41.8. The van der Waals surface area contributed by atoms with Gasteiger partial charge in [-0.2, -0.15) is 5.26 Å². The van der Waals surface area contributed by atoms with Crippen molar-refractivity contribution in [1.82, 2.24) is 0 Å². The first-order valence-corrected chi connectivity index (χ1v) is 21.1. The molecule has 0 saturated carbocycles. The zero-order valence-corrected chi connectivity index (χ0v) is 35.5. The van der Waals surface area contributed by atoms with E-state index in [2.05, 4.69) is 125 Å². The van der Waals surface area contributed by atoms with Crippen LogP contribution in [0.5, 0.6) is 0 Å². The standard InChI is InChI=1S/C55H36F2IN3/c1-34-13-21-41(22-14-34)61(53-31-46(49(58)32-48(53)57)38-11-7-4-8-12-38)51-28-20-40-17-25-43-50(27-19-39-18-26-44(51)55(40)54(39)43)60(42-23-15-36(33-59)16-24-42)52-30-45(47(56)29-35(52)2)37-9-5-3-6-10-37/h3-32H,1-2H3. The summed E-state index contributed by atoms with van der Waals surface area (Å²) in [6.07, 6.45) is 0. The average Bonchev–Trinajstić information content (AvgIpc) is 3.29. The topological polar surface area (TPSA) is 30.3 Å². The molecule has 0 heterocycles.